The molecule has 0 bridgehead atoms. The van der Waals surface area contributed by atoms with Crippen molar-refractivity contribution >= 4 is 18.0 Å². The molecule has 3 atom stereocenters. The summed E-state index contributed by atoms with van der Waals surface area (Å²) >= 11 is 0. The van der Waals surface area contributed by atoms with Gasteiger partial charge in [0.15, 0.2) is 0 Å². The van der Waals surface area contributed by atoms with Crippen molar-refractivity contribution in [1.82, 2.24) is 10.6 Å². The van der Waals surface area contributed by atoms with Crippen LogP contribution in [0.25, 0.3) is 11.1 Å². The fourth-order valence-electron chi connectivity index (χ4n) is 4.76. The van der Waals surface area contributed by atoms with Gasteiger partial charge in [0, 0.05) is 17.9 Å². The van der Waals surface area contributed by atoms with Crippen LogP contribution in [0.3, 0.4) is 0 Å². The lowest BCUT2D eigenvalue weighted by Crippen LogP contribution is -2.46. The van der Waals surface area contributed by atoms with E-state index in [4.69, 9.17) is 9.84 Å². The Kier molecular flexibility index (Phi) is 6.44. The van der Waals surface area contributed by atoms with E-state index in [-0.39, 0.29) is 30.4 Å². The SMILES string of the molecule is CC(NC(=O)[C@@H]1CCC[C@@H](NC(=O)OCC2c3ccccc3-c3ccccc32)C1)C(=O)O. The lowest BCUT2D eigenvalue weighted by Gasteiger charge is -2.29. The third-order valence-electron chi connectivity index (χ3n) is 6.44. The van der Waals surface area contributed by atoms with Gasteiger partial charge in [0.2, 0.25) is 5.91 Å². The Hall–Kier alpha value is -3.35. The predicted molar refractivity (Wildman–Crippen MR) is 119 cm³/mol. The molecule has 168 valence electrons. The topological polar surface area (TPSA) is 105 Å². The monoisotopic (exact) mass is 436 g/mol. The van der Waals surface area contributed by atoms with Crippen molar-refractivity contribution < 1.29 is 24.2 Å². The fraction of sp³-hybridized carbons (Fsp3) is 0.400. The number of carboxylic acids is 1. The number of amides is 2. The summed E-state index contributed by atoms with van der Waals surface area (Å²) in [5.74, 6) is -1.67. The van der Waals surface area contributed by atoms with Crippen molar-refractivity contribution in [2.24, 2.45) is 5.92 Å². The first-order chi connectivity index (χ1) is 15.4. The number of alkyl carbamates (subject to hydrolysis) is 1. The Bertz CT molecular complexity index is 975. The van der Waals surface area contributed by atoms with Crippen LogP contribution in [0.4, 0.5) is 4.79 Å². The molecule has 2 aromatic carbocycles. The van der Waals surface area contributed by atoms with Crippen LogP contribution in [0.2, 0.25) is 0 Å². The second-order valence-corrected chi connectivity index (χ2v) is 8.60. The number of aliphatic carboxylic acids is 1. The van der Waals surface area contributed by atoms with E-state index in [1.54, 1.807) is 0 Å². The van der Waals surface area contributed by atoms with Crippen LogP contribution in [0.5, 0.6) is 0 Å². The number of ether oxygens (including phenoxy) is 1. The smallest absolute Gasteiger partial charge is 0.407 e. The largest absolute Gasteiger partial charge is 0.480 e. The van der Waals surface area contributed by atoms with Crippen molar-refractivity contribution in [3.05, 3.63) is 59.7 Å². The Morgan fingerprint density at radius 2 is 1.66 bits per heavy atom. The van der Waals surface area contributed by atoms with E-state index < -0.39 is 18.1 Å². The number of rotatable bonds is 6. The van der Waals surface area contributed by atoms with Crippen LogP contribution in [0.15, 0.2) is 48.5 Å². The van der Waals surface area contributed by atoms with Crippen LogP contribution in [0.1, 0.15) is 49.7 Å². The van der Waals surface area contributed by atoms with Gasteiger partial charge in [-0.2, -0.15) is 0 Å². The summed E-state index contributed by atoms with van der Waals surface area (Å²) in [4.78, 5) is 35.9. The molecule has 0 heterocycles. The maximum Gasteiger partial charge on any atom is 0.407 e. The molecule has 0 aliphatic heterocycles. The lowest BCUT2D eigenvalue weighted by molar-refractivity contribution is -0.142. The zero-order chi connectivity index (χ0) is 22.7. The van der Waals surface area contributed by atoms with E-state index in [0.29, 0.717) is 12.8 Å². The number of carbonyl (C=O) groups is 3. The van der Waals surface area contributed by atoms with Crippen LogP contribution in [-0.4, -0.2) is 41.8 Å². The number of benzene rings is 2. The summed E-state index contributed by atoms with van der Waals surface area (Å²) in [6, 6.07) is 15.2. The molecule has 4 rings (SSSR count). The highest BCUT2D eigenvalue weighted by molar-refractivity contribution is 5.85. The van der Waals surface area contributed by atoms with Gasteiger partial charge in [0.25, 0.3) is 0 Å². The molecular weight excluding hydrogens is 408 g/mol. The molecule has 3 N–H and O–H groups in total. The van der Waals surface area contributed by atoms with Gasteiger partial charge in [-0.15, -0.1) is 0 Å². The Morgan fingerprint density at radius 1 is 1.03 bits per heavy atom. The molecule has 7 nitrogen and oxygen atoms in total. The number of carbonyl (C=O) groups excluding carboxylic acids is 2. The summed E-state index contributed by atoms with van der Waals surface area (Å²) in [5, 5.41) is 14.4. The van der Waals surface area contributed by atoms with Crippen LogP contribution in [0, 0.1) is 5.92 Å². The molecule has 0 aromatic heterocycles. The molecular formula is C25H28N2O5. The highest BCUT2D eigenvalue weighted by Crippen LogP contribution is 2.44. The second kappa shape index (κ2) is 9.42. The summed E-state index contributed by atoms with van der Waals surface area (Å²) in [6.07, 6.45) is 2.22. The molecule has 2 amide bonds. The van der Waals surface area contributed by atoms with Crippen molar-refractivity contribution in [1.29, 1.82) is 0 Å². The third kappa shape index (κ3) is 4.61. The van der Waals surface area contributed by atoms with Crippen molar-refractivity contribution in [3.63, 3.8) is 0 Å². The molecule has 0 saturated heterocycles. The van der Waals surface area contributed by atoms with Gasteiger partial charge in [-0.05, 0) is 48.4 Å². The number of carboxylic acid groups (broad SMARTS) is 1. The van der Waals surface area contributed by atoms with Crippen LogP contribution in [-0.2, 0) is 14.3 Å². The second-order valence-electron chi connectivity index (χ2n) is 8.60. The fourth-order valence-corrected chi connectivity index (χ4v) is 4.76. The van der Waals surface area contributed by atoms with Gasteiger partial charge in [-0.1, -0.05) is 55.0 Å². The van der Waals surface area contributed by atoms with Crippen molar-refractivity contribution in [2.45, 2.75) is 50.6 Å². The number of hydrogen-bond donors (Lipinski definition) is 3. The minimum Gasteiger partial charge on any atom is -0.480 e. The molecule has 0 spiro atoms. The van der Waals surface area contributed by atoms with Crippen LogP contribution >= 0.6 is 0 Å². The molecule has 0 radical (unpaired) electrons. The van der Waals surface area contributed by atoms with E-state index in [0.717, 1.165) is 24.0 Å². The standard InChI is InChI=1S/C25H28N2O5/c1-15(24(29)30)26-23(28)16-7-6-8-17(13-16)27-25(31)32-14-22-20-11-4-2-9-18(20)19-10-3-5-12-21(19)22/h2-5,9-12,15-17,22H,6-8,13-14H2,1H3,(H,26,28)(H,27,31)(H,29,30)/t15?,16-,17-/m1/s1. The first kappa shape index (κ1) is 21.9. The summed E-state index contributed by atoms with van der Waals surface area (Å²) in [6.45, 7) is 1.68. The van der Waals surface area contributed by atoms with E-state index in [1.165, 1.54) is 18.1 Å². The molecule has 1 fully saturated rings. The lowest BCUT2D eigenvalue weighted by atomic mass is 9.85. The molecule has 32 heavy (non-hydrogen) atoms. The zero-order valence-electron chi connectivity index (χ0n) is 18.0. The average Bonchev–Trinajstić information content (AvgIpc) is 3.11. The Balaban J connectivity index is 1.33. The van der Waals surface area contributed by atoms with Crippen molar-refractivity contribution in [3.8, 4) is 11.1 Å². The quantitative estimate of drug-likeness (QED) is 0.641. The zero-order valence-corrected chi connectivity index (χ0v) is 18.0. The summed E-state index contributed by atoms with van der Waals surface area (Å²) in [7, 11) is 0. The highest BCUT2D eigenvalue weighted by Gasteiger charge is 2.31. The molecule has 2 aliphatic rings. The number of nitrogens with one attached hydrogen (secondary N) is 2. The maximum absolute atomic E-state index is 12.5. The Morgan fingerprint density at radius 3 is 2.28 bits per heavy atom. The minimum absolute atomic E-state index is 0.00413. The average molecular weight is 437 g/mol. The maximum atomic E-state index is 12.5. The summed E-state index contributed by atoms with van der Waals surface area (Å²) < 4.78 is 5.61. The van der Waals surface area contributed by atoms with E-state index in [1.807, 2.05) is 24.3 Å². The predicted octanol–water partition coefficient (Wildman–Crippen LogP) is 3.67. The number of fused-ring (bicyclic) bond motifs is 3. The Labute approximate surface area is 187 Å². The first-order valence-corrected chi connectivity index (χ1v) is 11.1. The van der Waals surface area contributed by atoms with E-state index in [2.05, 4.69) is 34.9 Å². The molecule has 2 aliphatic carbocycles. The van der Waals surface area contributed by atoms with Crippen molar-refractivity contribution in [2.75, 3.05) is 6.61 Å². The highest BCUT2D eigenvalue weighted by atomic mass is 16.5. The van der Waals surface area contributed by atoms with Gasteiger partial charge < -0.3 is 20.5 Å². The summed E-state index contributed by atoms with van der Waals surface area (Å²) in [5.41, 5.74) is 4.66. The van der Waals surface area contributed by atoms with E-state index >= 15 is 0 Å². The van der Waals surface area contributed by atoms with Gasteiger partial charge in [0.1, 0.15) is 12.6 Å². The van der Waals surface area contributed by atoms with Gasteiger partial charge in [-0.25, -0.2) is 4.79 Å². The molecule has 1 unspecified atom stereocenters. The number of hydrogen-bond acceptors (Lipinski definition) is 4. The molecule has 7 heteroatoms. The molecule has 1 saturated carbocycles. The minimum atomic E-state index is -1.07. The first-order valence-electron chi connectivity index (χ1n) is 11.1. The third-order valence-corrected chi connectivity index (χ3v) is 6.44. The van der Waals surface area contributed by atoms with Gasteiger partial charge in [0.05, 0.1) is 0 Å². The van der Waals surface area contributed by atoms with Crippen LogP contribution < -0.4 is 10.6 Å². The molecule has 2 aromatic rings. The normalized spacial score (nSPS) is 20.5. The van der Waals surface area contributed by atoms with Gasteiger partial charge in [-0.3, -0.25) is 9.59 Å². The van der Waals surface area contributed by atoms with Gasteiger partial charge >= 0.3 is 12.1 Å². The van der Waals surface area contributed by atoms with E-state index in [9.17, 15) is 14.4 Å².